The Bertz CT molecular complexity index is 1530. The van der Waals surface area contributed by atoms with Gasteiger partial charge in [-0.15, -0.1) is 0 Å². The van der Waals surface area contributed by atoms with Crippen LogP contribution in [0.4, 0.5) is 15.9 Å². The molecule has 1 atom stereocenters. The number of ether oxygens (including phenoxy) is 1. The second-order valence-corrected chi connectivity index (χ2v) is 8.08. The van der Waals surface area contributed by atoms with Crippen molar-refractivity contribution in [3.8, 4) is 5.75 Å². The molecule has 35 heavy (non-hydrogen) atoms. The molecule has 176 valence electrons. The fraction of sp³-hybridized carbons (Fsp3) is 0.154. The first kappa shape index (κ1) is 22.3. The number of hydrogen-bond acceptors (Lipinski definition) is 6. The molecule has 0 bridgehead atoms. The molecule has 0 unspecified atom stereocenters. The summed E-state index contributed by atoms with van der Waals surface area (Å²) in [5.74, 6) is 0.566. The Kier molecular flexibility index (Phi) is 5.97. The number of likely N-dealkylation sites (N-methyl/N-ethyl adjacent to an activating group) is 1. The van der Waals surface area contributed by atoms with Gasteiger partial charge in [0.2, 0.25) is 0 Å². The number of halogens is 1. The molecule has 0 saturated carbocycles. The van der Waals surface area contributed by atoms with Crippen LogP contribution in [-0.2, 0) is 11.3 Å². The maximum atomic E-state index is 13.6. The van der Waals surface area contributed by atoms with Crippen LogP contribution in [0.2, 0.25) is 0 Å². The Labute approximate surface area is 200 Å². The minimum Gasteiger partial charge on any atom is -0.480 e. The fourth-order valence-electron chi connectivity index (χ4n) is 3.95. The molecule has 0 aliphatic rings. The van der Waals surface area contributed by atoms with Crippen molar-refractivity contribution < 1.29 is 13.9 Å². The van der Waals surface area contributed by atoms with Crippen LogP contribution in [0.25, 0.3) is 21.8 Å². The van der Waals surface area contributed by atoms with E-state index in [1.54, 1.807) is 32.3 Å². The average Bonchev–Trinajstić information content (AvgIpc) is 3.25. The van der Waals surface area contributed by atoms with Gasteiger partial charge in [-0.1, -0.05) is 18.2 Å². The van der Waals surface area contributed by atoms with Gasteiger partial charge in [0.05, 0.1) is 29.2 Å². The number of hydrogen-bond donors (Lipinski definition) is 2. The highest BCUT2D eigenvalue weighted by Gasteiger charge is 2.17. The predicted octanol–water partition coefficient (Wildman–Crippen LogP) is 4.42. The van der Waals surface area contributed by atoms with E-state index in [0.29, 0.717) is 29.0 Å². The molecule has 5 aromatic rings. The summed E-state index contributed by atoms with van der Waals surface area (Å²) >= 11 is 0. The van der Waals surface area contributed by atoms with Crippen molar-refractivity contribution in [2.45, 2.75) is 19.6 Å². The van der Waals surface area contributed by atoms with Gasteiger partial charge in [0, 0.05) is 18.1 Å². The molecule has 2 N–H and O–H groups in total. The lowest BCUT2D eigenvalue weighted by atomic mass is 10.2. The Balaban J connectivity index is 1.45. The zero-order chi connectivity index (χ0) is 24.4. The zero-order valence-electron chi connectivity index (χ0n) is 19.2. The summed E-state index contributed by atoms with van der Waals surface area (Å²) in [7, 11) is 1.57. The molecule has 0 aliphatic heterocycles. The van der Waals surface area contributed by atoms with Crippen LogP contribution in [0.1, 0.15) is 12.5 Å². The molecule has 3 aromatic carbocycles. The number of aromatic nitrogens is 4. The first-order valence-electron chi connectivity index (χ1n) is 11.1. The van der Waals surface area contributed by atoms with Crippen LogP contribution >= 0.6 is 0 Å². The van der Waals surface area contributed by atoms with Crippen molar-refractivity contribution in [3.63, 3.8) is 0 Å². The van der Waals surface area contributed by atoms with E-state index in [4.69, 9.17) is 4.74 Å². The SMILES string of the molecule is CNC(=O)[C@H](C)Oc1cccc2ncnc(Nc3ccc4c(cnn4Cc4cccc(F)c4)c3)c12. The third-order valence-corrected chi connectivity index (χ3v) is 5.67. The van der Waals surface area contributed by atoms with Gasteiger partial charge in [-0.3, -0.25) is 9.48 Å². The summed E-state index contributed by atoms with van der Waals surface area (Å²) in [6.45, 7) is 2.15. The molecular weight excluding hydrogens is 447 g/mol. The van der Waals surface area contributed by atoms with Crippen LogP contribution in [0.15, 0.2) is 73.2 Å². The lowest BCUT2D eigenvalue weighted by molar-refractivity contribution is -0.126. The van der Waals surface area contributed by atoms with Crippen LogP contribution in [0.3, 0.4) is 0 Å². The molecular formula is C26H23FN6O2. The van der Waals surface area contributed by atoms with E-state index in [-0.39, 0.29) is 11.7 Å². The number of amides is 1. The predicted molar refractivity (Wildman–Crippen MR) is 132 cm³/mol. The minimum atomic E-state index is -0.682. The molecule has 0 spiro atoms. The van der Waals surface area contributed by atoms with Gasteiger partial charge in [0.15, 0.2) is 6.10 Å². The number of fused-ring (bicyclic) bond motifs is 2. The lowest BCUT2D eigenvalue weighted by Crippen LogP contribution is -2.33. The van der Waals surface area contributed by atoms with Gasteiger partial charge in [0.1, 0.15) is 23.7 Å². The molecule has 1 amide bonds. The first-order chi connectivity index (χ1) is 17.0. The number of anilines is 2. The highest BCUT2D eigenvalue weighted by atomic mass is 19.1. The largest absolute Gasteiger partial charge is 0.480 e. The second-order valence-electron chi connectivity index (χ2n) is 8.08. The molecule has 2 aromatic heterocycles. The van der Waals surface area contributed by atoms with Crippen molar-refractivity contribution in [1.82, 2.24) is 25.1 Å². The number of benzene rings is 3. The van der Waals surface area contributed by atoms with E-state index in [1.807, 2.05) is 41.1 Å². The van der Waals surface area contributed by atoms with Crippen LogP contribution in [-0.4, -0.2) is 38.8 Å². The van der Waals surface area contributed by atoms with Crippen molar-refractivity contribution in [2.75, 3.05) is 12.4 Å². The van der Waals surface area contributed by atoms with E-state index in [0.717, 1.165) is 22.2 Å². The maximum absolute atomic E-state index is 13.6. The van der Waals surface area contributed by atoms with Gasteiger partial charge in [-0.25, -0.2) is 14.4 Å². The topological polar surface area (TPSA) is 94.0 Å². The molecule has 0 saturated heterocycles. The molecule has 8 nitrogen and oxygen atoms in total. The fourth-order valence-corrected chi connectivity index (χ4v) is 3.95. The van der Waals surface area contributed by atoms with Crippen molar-refractivity contribution >= 4 is 39.2 Å². The van der Waals surface area contributed by atoms with Gasteiger partial charge >= 0.3 is 0 Å². The summed E-state index contributed by atoms with van der Waals surface area (Å²) in [6, 6.07) is 17.8. The number of rotatable bonds is 7. The third kappa shape index (κ3) is 4.61. The highest BCUT2D eigenvalue weighted by Crippen LogP contribution is 2.32. The third-order valence-electron chi connectivity index (χ3n) is 5.67. The van der Waals surface area contributed by atoms with E-state index in [1.165, 1.54) is 18.5 Å². The van der Waals surface area contributed by atoms with Crippen molar-refractivity contribution in [1.29, 1.82) is 0 Å². The zero-order valence-corrected chi connectivity index (χ0v) is 19.2. The highest BCUT2D eigenvalue weighted by molar-refractivity contribution is 5.96. The lowest BCUT2D eigenvalue weighted by Gasteiger charge is -2.16. The van der Waals surface area contributed by atoms with Crippen LogP contribution in [0.5, 0.6) is 5.75 Å². The van der Waals surface area contributed by atoms with Crippen molar-refractivity contribution in [3.05, 3.63) is 84.6 Å². The molecule has 0 radical (unpaired) electrons. The van der Waals surface area contributed by atoms with Gasteiger partial charge in [-0.2, -0.15) is 5.10 Å². The summed E-state index contributed by atoms with van der Waals surface area (Å²) in [4.78, 5) is 20.7. The normalized spacial score (nSPS) is 12.0. The number of nitrogens with one attached hydrogen (secondary N) is 2. The molecule has 9 heteroatoms. The van der Waals surface area contributed by atoms with Crippen LogP contribution < -0.4 is 15.4 Å². The Morgan fingerprint density at radius 3 is 2.80 bits per heavy atom. The quantitative estimate of drug-likeness (QED) is 0.366. The Morgan fingerprint density at radius 1 is 1.11 bits per heavy atom. The van der Waals surface area contributed by atoms with Gasteiger partial charge in [-0.05, 0) is 55.0 Å². The first-order valence-corrected chi connectivity index (χ1v) is 11.1. The standard InChI is InChI=1S/C26H23FN6O2/c1-16(26(34)28-2)35-23-8-4-7-21-24(23)25(30-15-29-21)32-20-9-10-22-18(12-20)13-31-33(22)14-17-5-3-6-19(27)11-17/h3-13,15-16H,14H2,1-2H3,(H,28,34)(H,29,30,32)/t16-/m0/s1. The summed E-state index contributed by atoms with van der Waals surface area (Å²) in [5.41, 5.74) is 3.25. The number of carbonyl (C=O) groups excluding carboxylic acids is 1. The summed E-state index contributed by atoms with van der Waals surface area (Å²) in [5, 5.41) is 12.0. The molecule has 0 aliphatic carbocycles. The number of nitrogens with zero attached hydrogens (tertiary/aromatic N) is 4. The second kappa shape index (κ2) is 9.38. The monoisotopic (exact) mass is 470 g/mol. The number of carbonyl (C=O) groups is 1. The van der Waals surface area contributed by atoms with E-state index >= 15 is 0 Å². The van der Waals surface area contributed by atoms with E-state index in [2.05, 4.69) is 25.7 Å². The van der Waals surface area contributed by atoms with Gasteiger partial charge < -0.3 is 15.4 Å². The van der Waals surface area contributed by atoms with E-state index < -0.39 is 6.10 Å². The van der Waals surface area contributed by atoms with Crippen LogP contribution in [0, 0.1) is 5.82 Å². The molecule has 0 fully saturated rings. The Hall–Kier alpha value is -4.53. The maximum Gasteiger partial charge on any atom is 0.260 e. The Morgan fingerprint density at radius 2 is 1.97 bits per heavy atom. The average molecular weight is 471 g/mol. The minimum absolute atomic E-state index is 0.228. The van der Waals surface area contributed by atoms with E-state index in [9.17, 15) is 9.18 Å². The summed E-state index contributed by atoms with van der Waals surface area (Å²) < 4.78 is 21.3. The van der Waals surface area contributed by atoms with Gasteiger partial charge in [0.25, 0.3) is 5.91 Å². The summed E-state index contributed by atoms with van der Waals surface area (Å²) in [6.07, 6.45) is 2.57. The molecule has 5 rings (SSSR count). The molecule has 2 heterocycles. The smallest absolute Gasteiger partial charge is 0.260 e. The van der Waals surface area contributed by atoms with Crippen molar-refractivity contribution in [2.24, 2.45) is 0 Å².